The van der Waals surface area contributed by atoms with E-state index in [1.54, 1.807) is 13.8 Å². The summed E-state index contributed by atoms with van der Waals surface area (Å²) in [5.74, 6) is -0.879. The van der Waals surface area contributed by atoms with Gasteiger partial charge in [-0.1, -0.05) is 18.3 Å². The van der Waals surface area contributed by atoms with E-state index in [-0.39, 0.29) is 6.42 Å². The molecule has 2 aromatic rings. The smallest absolute Gasteiger partial charge is 0.354 e. The van der Waals surface area contributed by atoms with E-state index in [4.69, 9.17) is 5.11 Å². The number of rotatable bonds is 5. The fourth-order valence-electron chi connectivity index (χ4n) is 2.10. The van der Waals surface area contributed by atoms with Gasteiger partial charge >= 0.3 is 11.7 Å². The third-order valence-electron chi connectivity index (χ3n) is 3.20. The molecule has 0 aliphatic heterocycles. The minimum Gasteiger partial charge on any atom is -0.481 e. The predicted octanol–water partition coefficient (Wildman–Crippen LogP) is 1.28. The summed E-state index contributed by atoms with van der Waals surface area (Å²) in [7, 11) is 0. The predicted molar refractivity (Wildman–Crippen MR) is 78.1 cm³/mol. The molecule has 0 radical (unpaired) electrons. The molecule has 0 unspecified atom stereocenters. The largest absolute Gasteiger partial charge is 0.481 e. The number of hydrogen-bond donors (Lipinski definition) is 1. The highest BCUT2D eigenvalue weighted by Crippen LogP contribution is 2.19. The molecule has 0 fully saturated rings. The molecule has 2 aromatic heterocycles. The van der Waals surface area contributed by atoms with Crippen molar-refractivity contribution in [1.82, 2.24) is 19.7 Å². The van der Waals surface area contributed by atoms with Crippen molar-refractivity contribution in [3.63, 3.8) is 0 Å². The standard InChI is InChI=1S/C13H16N4O3S/c1-4-10-15-16-13(21-10)17-8(3)9(5-6-11(18)19)7(2)14-12(17)20/h4-6H2,1-3H3,(H,18,19). The Labute approximate surface area is 125 Å². The van der Waals surface area contributed by atoms with Crippen molar-refractivity contribution < 1.29 is 9.90 Å². The Kier molecular flexibility index (Phi) is 4.46. The molecule has 2 heterocycles. The molecule has 8 heteroatoms. The number of carboxylic acid groups (broad SMARTS) is 1. The Bertz CT molecular complexity index is 736. The maximum Gasteiger partial charge on any atom is 0.354 e. The van der Waals surface area contributed by atoms with Gasteiger partial charge in [0.2, 0.25) is 5.13 Å². The summed E-state index contributed by atoms with van der Waals surface area (Å²) in [6.07, 6.45) is 1.08. The third-order valence-corrected chi connectivity index (χ3v) is 4.26. The van der Waals surface area contributed by atoms with Crippen LogP contribution in [0, 0.1) is 13.8 Å². The molecule has 0 amide bonds. The molecule has 0 aromatic carbocycles. The van der Waals surface area contributed by atoms with E-state index in [2.05, 4.69) is 15.2 Å². The lowest BCUT2D eigenvalue weighted by atomic mass is 10.1. The lowest BCUT2D eigenvalue weighted by molar-refractivity contribution is -0.136. The van der Waals surface area contributed by atoms with Crippen LogP contribution in [-0.2, 0) is 17.6 Å². The van der Waals surface area contributed by atoms with Gasteiger partial charge in [0.05, 0.1) is 0 Å². The molecule has 0 saturated carbocycles. The number of nitrogens with zero attached hydrogens (tertiary/aromatic N) is 4. The van der Waals surface area contributed by atoms with Gasteiger partial charge in [-0.05, 0) is 32.3 Å². The molecule has 21 heavy (non-hydrogen) atoms. The molecular formula is C13H16N4O3S. The van der Waals surface area contributed by atoms with E-state index < -0.39 is 11.7 Å². The number of aromatic nitrogens is 4. The first-order valence-electron chi connectivity index (χ1n) is 6.57. The zero-order chi connectivity index (χ0) is 15.6. The summed E-state index contributed by atoms with van der Waals surface area (Å²) >= 11 is 1.34. The molecule has 0 bridgehead atoms. The monoisotopic (exact) mass is 308 g/mol. The van der Waals surface area contributed by atoms with Crippen LogP contribution in [0.4, 0.5) is 0 Å². The number of aryl methyl sites for hydroxylation is 2. The van der Waals surface area contributed by atoms with Crippen molar-refractivity contribution in [2.24, 2.45) is 0 Å². The van der Waals surface area contributed by atoms with Crippen molar-refractivity contribution in [1.29, 1.82) is 0 Å². The number of hydrogen-bond acceptors (Lipinski definition) is 6. The van der Waals surface area contributed by atoms with E-state index in [0.717, 1.165) is 17.0 Å². The number of carbonyl (C=O) groups is 1. The first-order valence-corrected chi connectivity index (χ1v) is 7.39. The fourth-order valence-corrected chi connectivity index (χ4v) is 2.92. The Morgan fingerprint density at radius 2 is 2.05 bits per heavy atom. The van der Waals surface area contributed by atoms with Crippen molar-refractivity contribution in [2.45, 2.75) is 40.0 Å². The minimum absolute atomic E-state index is 0.00209. The Hall–Kier alpha value is -2.09. The molecule has 0 atom stereocenters. The third kappa shape index (κ3) is 3.15. The van der Waals surface area contributed by atoms with E-state index >= 15 is 0 Å². The normalized spacial score (nSPS) is 10.8. The van der Waals surface area contributed by atoms with E-state index in [1.165, 1.54) is 15.9 Å². The van der Waals surface area contributed by atoms with Crippen LogP contribution >= 0.6 is 11.3 Å². The van der Waals surface area contributed by atoms with Crippen molar-refractivity contribution in [2.75, 3.05) is 0 Å². The maximum absolute atomic E-state index is 12.1. The van der Waals surface area contributed by atoms with Crippen LogP contribution in [0.2, 0.25) is 0 Å². The van der Waals surface area contributed by atoms with Gasteiger partial charge in [-0.15, -0.1) is 10.2 Å². The second-order valence-corrected chi connectivity index (χ2v) is 5.65. The van der Waals surface area contributed by atoms with Gasteiger partial charge in [-0.2, -0.15) is 4.98 Å². The molecule has 7 nitrogen and oxygen atoms in total. The number of carboxylic acids is 1. The second-order valence-electron chi connectivity index (χ2n) is 4.60. The lowest BCUT2D eigenvalue weighted by Gasteiger charge is -2.12. The average molecular weight is 308 g/mol. The van der Waals surface area contributed by atoms with Crippen LogP contribution in [0.25, 0.3) is 5.13 Å². The van der Waals surface area contributed by atoms with Gasteiger partial charge in [0.25, 0.3) is 0 Å². The highest BCUT2D eigenvalue weighted by molar-refractivity contribution is 7.13. The van der Waals surface area contributed by atoms with Crippen LogP contribution in [0.5, 0.6) is 0 Å². The van der Waals surface area contributed by atoms with Crippen molar-refractivity contribution >= 4 is 17.3 Å². The Morgan fingerprint density at radius 3 is 2.62 bits per heavy atom. The van der Waals surface area contributed by atoms with Gasteiger partial charge in [-0.25, -0.2) is 9.36 Å². The van der Waals surface area contributed by atoms with Crippen molar-refractivity contribution in [3.05, 3.63) is 32.4 Å². The molecule has 112 valence electrons. The highest BCUT2D eigenvalue weighted by atomic mass is 32.1. The van der Waals surface area contributed by atoms with Crippen LogP contribution in [0.15, 0.2) is 4.79 Å². The minimum atomic E-state index is -0.879. The van der Waals surface area contributed by atoms with Gasteiger partial charge in [-0.3, -0.25) is 4.79 Å². The topological polar surface area (TPSA) is 98.0 Å². The van der Waals surface area contributed by atoms with Gasteiger partial charge in [0.1, 0.15) is 5.01 Å². The summed E-state index contributed by atoms with van der Waals surface area (Å²) in [5, 5.41) is 18.2. The fraction of sp³-hybridized carbons (Fsp3) is 0.462. The zero-order valence-electron chi connectivity index (χ0n) is 12.1. The van der Waals surface area contributed by atoms with Crippen LogP contribution in [-0.4, -0.2) is 30.8 Å². The molecule has 0 aliphatic rings. The molecule has 0 saturated heterocycles. The summed E-state index contributed by atoms with van der Waals surface area (Å²) < 4.78 is 1.40. The zero-order valence-corrected chi connectivity index (χ0v) is 12.9. The molecule has 2 rings (SSSR count). The van der Waals surface area contributed by atoms with Crippen LogP contribution < -0.4 is 5.69 Å². The van der Waals surface area contributed by atoms with Crippen LogP contribution in [0.1, 0.15) is 35.3 Å². The first kappa shape index (κ1) is 15.3. The van der Waals surface area contributed by atoms with E-state index in [9.17, 15) is 9.59 Å². The SMILES string of the molecule is CCc1nnc(-n2c(C)c(CCC(=O)O)c(C)nc2=O)s1. The average Bonchev–Trinajstić information content (AvgIpc) is 2.86. The highest BCUT2D eigenvalue weighted by Gasteiger charge is 2.16. The summed E-state index contributed by atoms with van der Waals surface area (Å²) in [6, 6.07) is 0. The quantitative estimate of drug-likeness (QED) is 0.893. The summed E-state index contributed by atoms with van der Waals surface area (Å²) in [4.78, 5) is 26.9. The number of aliphatic carboxylic acids is 1. The Morgan fingerprint density at radius 1 is 1.33 bits per heavy atom. The molecule has 0 aliphatic carbocycles. The molecule has 0 spiro atoms. The van der Waals surface area contributed by atoms with Gasteiger partial charge in [0, 0.05) is 17.8 Å². The molecular weight excluding hydrogens is 292 g/mol. The second kappa shape index (κ2) is 6.13. The Balaban J connectivity index is 2.53. The van der Waals surface area contributed by atoms with Gasteiger partial charge in [0.15, 0.2) is 0 Å². The van der Waals surface area contributed by atoms with Crippen molar-refractivity contribution in [3.8, 4) is 5.13 Å². The summed E-state index contributed by atoms with van der Waals surface area (Å²) in [6.45, 7) is 5.46. The maximum atomic E-state index is 12.1. The molecule has 1 N–H and O–H groups in total. The first-order chi connectivity index (χ1) is 9.93. The van der Waals surface area contributed by atoms with Gasteiger partial charge < -0.3 is 5.11 Å². The summed E-state index contributed by atoms with van der Waals surface area (Å²) in [5.41, 5.74) is 1.59. The van der Waals surface area contributed by atoms with Crippen LogP contribution in [0.3, 0.4) is 0 Å². The lowest BCUT2D eigenvalue weighted by Crippen LogP contribution is -2.26. The van der Waals surface area contributed by atoms with E-state index in [1.807, 2.05) is 6.92 Å². The van der Waals surface area contributed by atoms with E-state index in [0.29, 0.717) is 22.9 Å².